The molecule has 0 spiro atoms. The average molecular weight is 118 g/mol. The van der Waals surface area contributed by atoms with E-state index in [-0.39, 0.29) is 10.7 Å². The fourth-order valence-electron chi connectivity index (χ4n) is 0.278. The van der Waals surface area contributed by atoms with E-state index < -0.39 is 0 Å². The van der Waals surface area contributed by atoms with Gasteiger partial charge in [-0.25, -0.2) is 0 Å². The first-order chi connectivity index (χ1) is 3.31. The molecule has 0 heterocycles. The van der Waals surface area contributed by atoms with Gasteiger partial charge in [-0.2, -0.15) is 5.53 Å². The molecule has 0 saturated heterocycles. The van der Waals surface area contributed by atoms with Crippen molar-refractivity contribution in [2.45, 2.75) is 13.3 Å². The van der Waals surface area contributed by atoms with Gasteiger partial charge in [-0.3, -0.25) is 0 Å². The molecule has 3 heteroatoms. The van der Waals surface area contributed by atoms with Crippen molar-refractivity contribution in [3.8, 4) is 0 Å². The zero-order valence-electron chi connectivity index (χ0n) is 4.64. The molecule has 0 fully saturated rings. The first kappa shape index (κ1) is 6.82. The summed E-state index contributed by atoms with van der Waals surface area (Å²) in [6, 6.07) is 0. The molecule has 0 aromatic rings. The molecule has 0 radical (unpaired) electrons. The third-order valence-electron chi connectivity index (χ3n) is 0.552. The van der Waals surface area contributed by atoms with Crippen LogP contribution in [-0.2, 0) is 0 Å². The minimum absolute atomic E-state index is 0.110. The third-order valence-corrected chi connectivity index (χ3v) is 1.66. The third kappa shape index (κ3) is 3.66. The molecular weight excluding hydrogens is 108 g/mol. The molecule has 1 N–H and O–H groups in total. The highest BCUT2D eigenvalue weighted by Crippen LogP contribution is 2.04. The van der Waals surface area contributed by atoms with Crippen LogP contribution < -0.4 is 0 Å². The SMILES string of the molecule is CCC=S(C)N=N. The standard InChI is InChI=1S/C4H10N2S/c1-3-4-7(2)6-5/h4-5H,3H2,1-2H3. The maximum atomic E-state index is 6.52. The van der Waals surface area contributed by atoms with E-state index >= 15 is 0 Å². The molecule has 0 aliphatic carbocycles. The van der Waals surface area contributed by atoms with Crippen molar-refractivity contribution in [2.24, 2.45) is 4.52 Å². The zero-order chi connectivity index (χ0) is 5.70. The van der Waals surface area contributed by atoms with Crippen LogP contribution in [0, 0.1) is 5.53 Å². The van der Waals surface area contributed by atoms with Crippen LogP contribution >= 0.6 is 10.7 Å². The van der Waals surface area contributed by atoms with Gasteiger partial charge in [-0.05, 0) is 18.0 Å². The maximum Gasteiger partial charge on any atom is -0.00175 e. The van der Waals surface area contributed by atoms with Gasteiger partial charge in [0.25, 0.3) is 0 Å². The lowest BCUT2D eigenvalue weighted by molar-refractivity contribution is 1.25. The first-order valence-electron chi connectivity index (χ1n) is 2.17. The summed E-state index contributed by atoms with van der Waals surface area (Å²) >= 11 is 0. The van der Waals surface area contributed by atoms with Crippen LogP contribution in [0.2, 0.25) is 0 Å². The summed E-state index contributed by atoms with van der Waals surface area (Å²) in [4.78, 5) is 0. The van der Waals surface area contributed by atoms with E-state index in [1.807, 2.05) is 11.6 Å². The molecule has 0 aliphatic rings. The molecule has 0 saturated carbocycles. The van der Waals surface area contributed by atoms with E-state index in [0.717, 1.165) is 6.42 Å². The van der Waals surface area contributed by atoms with Crippen molar-refractivity contribution >= 4 is 16.0 Å². The Labute approximate surface area is 46.5 Å². The van der Waals surface area contributed by atoms with Gasteiger partial charge in [0, 0.05) is 0 Å². The van der Waals surface area contributed by atoms with E-state index in [9.17, 15) is 0 Å². The number of nitrogens with one attached hydrogen (secondary N) is 1. The molecule has 0 rings (SSSR count). The Morgan fingerprint density at radius 1 is 1.86 bits per heavy atom. The van der Waals surface area contributed by atoms with Gasteiger partial charge in [0.05, 0.1) is 0 Å². The topological polar surface area (TPSA) is 36.2 Å². The van der Waals surface area contributed by atoms with Crippen LogP contribution in [0.3, 0.4) is 0 Å². The molecule has 42 valence electrons. The van der Waals surface area contributed by atoms with E-state index in [1.54, 1.807) is 0 Å². The van der Waals surface area contributed by atoms with Gasteiger partial charge in [-0.15, -0.1) is 4.52 Å². The Bertz CT molecular complexity index is 87.7. The molecule has 0 aromatic heterocycles. The Morgan fingerprint density at radius 2 is 2.43 bits per heavy atom. The summed E-state index contributed by atoms with van der Waals surface area (Å²) in [5.41, 5.74) is 6.52. The minimum atomic E-state index is -0.110. The molecule has 1 unspecified atom stereocenters. The Hall–Kier alpha value is -0.180. The summed E-state index contributed by atoms with van der Waals surface area (Å²) in [5.74, 6) is 0. The van der Waals surface area contributed by atoms with Gasteiger partial charge in [-0.1, -0.05) is 17.6 Å². The summed E-state index contributed by atoms with van der Waals surface area (Å²) in [6.45, 7) is 2.05. The molecule has 7 heavy (non-hydrogen) atoms. The predicted octanol–water partition coefficient (Wildman–Crippen LogP) is 2.04. The van der Waals surface area contributed by atoms with E-state index in [2.05, 4.69) is 11.4 Å². The summed E-state index contributed by atoms with van der Waals surface area (Å²) in [5, 5.41) is 2.02. The molecule has 2 nitrogen and oxygen atoms in total. The second-order valence-electron chi connectivity index (χ2n) is 1.19. The van der Waals surface area contributed by atoms with Crippen molar-refractivity contribution in [1.29, 1.82) is 5.53 Å². The van der Waals surface area contributed by atoms with Crippen LogP contribution in [0.15, 0.2) is 4.52 Å². The number of nitrogens with zero attached hydrogens (tertiary/aromatic N) is 1. The van der Waals surface area contributed by atoms with Gasteiger partial charge in [0.2, 0.25) is 0 Å². The molecule has 0 aliphatic heterocycles. The number of hydrogen-bond acceptors (Lipinski definition) is 2. The lowest BCUT2D eigenvalue weighted by Crippen LogP contribution is -1.63. The minimum Gasteiger partial charge on any atom is -0.198 e. The quantitative estimate of drug-likeness (QED) is 0.425. The number of hydrogen-bond donors (Lipinski definition) is 1. The second-order valence-corrected chi connectivity index (χ2v) is 2.75. The number of rotatable bonds is 2. The van der Waals surface area contributed by atoms with E-state index in [1.165, 1.54) is 0 Å². The summed E-state index contributed by atoms with van der Waals surface area (Å²) in [7, 11) is -0.110. The van der Waals surface area contributed by atoms with Crippen molar-refractivity contribution in [2.75, 3.05) is 6.26 Å². The van der Waals surface area contributed by atoms with Crippen molar-refractivity contribution in [1.82, 2.24) is 0 Å². The predicted molar refractivity (Wildman–Crippen MR) is 35.0 cm³/mol. The second kappa shape index (κ2) is 3.99. The molecular formula is C4H10N2S. The fraction of sp³-hybridized carbons (Fsp3) is 0.750. The summed E-state index contributed by atoms with van der Waals surface area (Å²) in [6.07, 6.45) is 2.94. The molecule has 0 bridgehead atoms. The van der Waals surface area contributed by atoms with Gasteiger partial charge < -0.3 is 0 Å². The highest BCUT2D eigenvalue weighted by atomic mass is 32.2. The van der Waals surface area contributed by atoms with Gasteiger partial charge in [0.1, 0.15) is 0 Å². The van der Waals surface area contributed by atoms with Crippen molar-refractivity contribution in [3.63, 3.8) is 0 Å². The van der Waals surface area contributed by atoms with Crippen LogP contribution in [-0.4, -0.2) is 11.6 Å². The van der Waals surface area contributed by atoms with Gasteiger partial charge >= 0.3 is 0 Å². The van der Waals surface area contributed by atoms with Crippen LogP contribution in [0.5, 0.6) is 0 Å². The van der Waals surface area contributed by atoms with Crippen LogP contribution in [0.4, 0.5) is 0 Å². The fourth-order valence-corrected chi connectivity index (χ4v) is 0.835. The Kier molecular flexibility index (Phi) is 3.89. The largest absolute Gasteiger partial charge is 0.198 e. The lowest BCUT2D eigenvalue weighted by Gasteiger charge is -1.83. The van der Waals surface area contributed by atoms with Crippen LogP contribution in [0.25, 0.3) is 0 Å². The Morgan fingerprint density at radius 3 is 2.57 bits per heavy atom. The first-order valence-corrected chi connectivity index (χ1v) is 3.82. The molecule has 0 amide bonds. The van der Waals surface area contributed by atoms with Crippen molar-refractivity contribution < 1.29 is 0 Å². The highest BCUT2D eigenvalue weighted by molar-refractivity contribution is 8.13. The Balaban J connectivity index is 3.49. The molecule has 0 aromatic carbocycles. The normalized spacial score (nSPS) is 14.0. The van der Waals surface area contributed by atoms with E-state index in [4.69, 9.17) is 5.53 Å². The van der Waals surface area contributed by atoms with Gasteiger partial charge in [0.15, 0.2) is 0 Å². The van der Waals surface area contributed by atoms with Crippen molar-refractivity contribution in [3.05, 3.63) is 0 Å². The van der Waals surface area contributed by atoms with E-state index in [0.29, 0.717) is 0 Å². The lowest BCUT2D eigenvalue weighted by atomic mass is 10.6. The zero-order valence-corrected chi connectivity index (χ0v) is 5.46. The maximum absolute atomic E-state index is 6.52. The molecule has 1 atom stereocenters. The monoisotopic (exact) mass is 118 g/mol. The smallest absolute Gasteiger partial charge is 0.00175 e. The summed E-state index contributed by atoms with van der Waals surface area (Å²) < 4.78 is 3.30. The average Bonchev–Trinajstić information content (AvgIpc) is 1.68. The highest BCUT2D eigenvalue weighted by Gasteiger charge is 1.72. The van der Waals surface area contributed by atoms with Crippen LogP contribution in [0.1, 0.15) is 13.3 Å².